The fraction of sp³-hybridized carbons (Fsp3) is 0.222. The summed E-state index contributed by atoms with van der Waals surface area (Å²) >= 11 is 0. The lowest BCUT2D eigenvalue weighted by Crippen LogP contribution is -2.54. The number of hydrogen-bond acceptors (Lipinski definition) is 4. The summed E-state index contributed by atoms with van der Waals surface area (Å²) in [6.45, 7) is 1.71. The van der Waals surface area contributed by atoms with Crippen LogP contribution in [0.2, 0.25) is 0 Å². The Hall–Kier alpha value is -3.09. The van der Waals surface area contributed by atoms with E-state index in [4.69, 9.17) is 9.47 Å². The molecule has 1 aliphatic rings. The first-order valence-electron chi connectivity index (χ1n) is 7.78. The van der Waals surface area contributed by atoms with Gasteiger partial charge in [0.25, 0.3) is 5.91 Å². The van der Waals surface area contributed by atoms with Crippen molar-refractivity contribution >= 4 is 11.8 Å². The summed E-state index contributed by atoms with van der Waals surface area (Å²) in [6.07, 6.45) is -1.38. The lowest BCUT2D eigenvalue weighted by atomic mass is 10.1. The van der Waals surface area contributed by atoms with E-state index in [1.807, 2.05) is 6.07 Å². The van der Waals surface area contributed by atoms with Gasteiger partial charge < -0.3 is 9.47 Å². The topological polar surface area (TPSA) is 76.7 Å². The van der Waals surface area contributed by atoms with E-state index in [-0.39, 0.29) is 12.2 Å². The van der Waals surface area contributed by atoms with Gasteiger partial charge in [0.2, 0.25) is 12.0 Å². The van der Waals surface area contributed by atoms with Crippen molar-refractivity contribution in [2.24, 2.45) is 0 Å². The van der Waals surface area contributed by atoms with E-state index < -0.39 is 24.0 Å². The molecule has 2 unspecified atom stereocenters. The van der Waals surface area contributed by atoms with Crippen molar-refractivity contribution in [1.29, 1.82) is 0 Å². The molecule has 25 heavy (non-hydrogen) atoms. The number of hydrazine groups is 1. The molecule has 0 fully saturated rings. The summed E-state index contributed by atoms with van der Waals surface area (Å²) in [4.78, 5) is 24.1. The second-order valence-corrected chi connectivity index (χ2v) is 5.65. The Morgan fingerprint density at radius 2 is 1.64 bits per heavy atom. The van der Waals surface area contributed by atoms with Crippen molar-refractivity contribution in [3.63, 3.8) is 0 Å². The number of nitrogens with one attached hydrogen (secondary N) is 2. The molecule has 2 aromatic rings. The summed E-state index contributed by atoms with van der Waals surface area (Å²) < 4.78 is 24.1. The Labute approximate surface area is 143 Å². The number of carbonyl (C=O) groups is 2. The standard InChI is InChI=1S/C18H17FN2O4/c1-11-17(25-15-5-3-2-4-14(15)24-11)18(23)21-20-16(22)10-12-6-8-13(19)9-7-12/h2-9,11,17H,10H2,1H3,(H,20,22)(H,21,23). The minimum Gasteiger partial charge on any atom is -0.482 e. The highest BCUT2D eigenvalue weighted by atomic mass is 19.1. The molecule has 0 radical (unpaired) electrons. The highest BCUT2D eigenvalue weighted by Gasteiger charge is 2.34. The second-order valence-electron chi connectivity index (χ2n) is 5.65. The van der Waals surface area contributed by atoms with Gasteiger partial charge in [-0.2, -0.15) is 0 Å². The van der Waals surface area contributed by atoms with Crippen molar-refractivity contribution in [1.82, 2.24) is 10.9 Å². The van der Waals surface area contributed by atoms with Gasteiger partial charge in [0.05, 0.1) is 6.42 Å². The van der Waals surface area contributed by atoms with Crippen LogP contribution in [-0.4, -0.2) is 24.0 Å². The van der Waals surface area contributed by atoms with E-state index in [0.29, 0.717) is 17.1 Å². The first kappa shape index (κ1) is 16.8. The number of benzene rings is 2. The summed E-state index contributed by atoms with van der Waals surface area (Å²) in [6, 6.07) is 12.6. The van der Waals surface area contributed by atoms with Gasteiger partial charge in [0, 0.05) is 0 Å². The van der Waals surface area contributed by atoms with Gasteiger partial charge in [0.1, 0.15) is 11.9 Å². The van der Waals surface area contributed by atoms with E-state index in [9.17, 15) is 14.0 Å². The fourth-order valence-electron chi connectivity index (χ4n) is 2.44. The number of halogens is 1. The maximum Gasteiger partial charge on any atom is 0.283 e. The zero-order chi connectivity index (χ0) is 17.8. The number of rotatable bonds is 3. The van der Waals surface area contributed by atoms with Gasteiger partial charge >= 0.3 is 0 Å². The lowest BCUT2D eigenvalue weighted by molar-refractivity contribution is -0.137. The molecular formula is C18H17FN2O4. The molecule has 1 heterocycles. The molecule has 2 aromatic carbocycles. The van der Waals surface area contributed by atoms with E-state index >= 15 is 0 Å². The quantitative estimate of drug-likeness (QED) is 0.832. The summed E-state index contributed by atoms with van der Waals surface area (Å²) in [5.41, 5.74) is 5.28. The Balaban J connectivity index is 1.54. The maximum atomic E-state index is 12.8. The number of para-hydroxylation sites is 2. The fourth-order valence-corrected chi connectivity index (χ4v) is 2.44. The van der Waals surface area contributed by atoms with Gasteiger partial charge in [-0.15, -0.1) is 0 Å². The minimum absolute atomic E-state index is 0.0149. The van der Waals surface area contributed by atoms with E-state index in [2.05, 4.69) is 10.9 Å². The molecular weight excluding hydrogens is 327 g/mol. The highest BCUT2D eigenvalue weighted by Crippen LogP contribution is 2.33. The molecule has 2 N–H and O–H groups in total. The highest BCUT2D eigenvalue weighted by molar-refractivity contribution is 5.86. The first-order chi connectivity index (χ1) is 12.0. The maximum absolute atomic E-state index is 12.8. The third kappa shape index (κ3) is 4.06. The predicted octanol–water partition coefficient (Wildman–Crippen LogP) is 1.74. The second kappa shape index (κ2) is 7.21. The molecule has 0 spiro atoms. The molecule has 0 bridgehead atoms. The summed E-state index contributed by atoms with van der Waals surface area (Å²) in [5.74, 6) is -0.279. The van der Waals surface area contributed by atoms with Crippen LogP contribution < -0.4 is 20.3 Å². The van der Waals surface area contributed by atoms with Crippen LogP contribution in [-0.2, 0) is 16.0 Å². The number of amides is 2. The van der Waals surface area contributed by atoms with Crippen molar-refractivity contribution in [3.8, 4) is 11.5 Å². The molecule has 0 saturated heterocycles. The van der Waals surface area contributed by atoms with Crippen LogP contribution in [0.1, 0.15) is 12.5 Å². The largest absolute Gasteiger partial charge is 0.482 e. The normalized spacial score (nSPS) is 18.3. The Bertz CT molecular complexity index is 779. The van der Waals surface area contributed by atoms with Gasteiger partial charge in [-0.05, 0) is 36.8 Å². The molecule has 0 aromatic heterocycles. The number of ether oxygens (including phenoxy) is 2. The van der Waals surface area contributed by atoms with Crippen molar-refractivity contribution in [2.45, 2.75) is 25.6 Å². The van der Waals surface area contributed by atoms with E-state index in [0.717, 1.165) is 0 Å². The summed E-state index contributed by atoms with van der Waals surface area (Å²) in [5, 5.41) is 0. The zero-order valence-corrected chi connectivity index (χ0v) is 13.5. The van der Waals surface area contributed by atoms with Gasteiger partial charge in [0.15, 0.2) is 11.5 Å². The number of fused-ring (bicyclic) bond motifs is 1. The minimum atomic E-state index is -0.888. The Morgan fingerprint density at radius 3 is 2.32 bits per heavy atom. The molecule has 130 valence electrons. The van der Waals surface area contributed by atoms with Crippen LogP contribution >= 0.6 is 0 Å². The predicted molar refractivity (Wildman–Crippen MR) is 87.3 cm³/mol. The molecule has 2 atom stereocenters. The smallest absolute Gasteiger partial charge is 0.283 e. The van der Waals surface area contributed by atoms with Crippen molar-refractivity contribution in [2.75, 3.05) is 0 Å². The third-order valence-electron chi connectivity index (χ3n) is 3.70. The van der Waals surface area contributed by atoms with Gasteiger partial charge in [-0.1, -0.05) is 24.3 Å². The number of carbonyl (C=O) groups excluding carboxylic acids is 2. The molecule has 7 heteroatoms. The van der Waals surface area contributed by atoms with Crippen LogP contribution in [0.4, 0.5) is 4.39 Å². The van der Waals surface area contributed by atoms with E-state index in [1.54, 1.807) is 25.1 Å². The van der Waals surface area contributed by atoms with Crippen LogP contribution in [0.15, 0.2) is 48.5 Å². The molecule has 0 saturated carbocycles. The van der Waals surface area contributed by atoms with Gasteiger partial charge in [-0.25, -0.2) is 4.39 Å². The average molecular weight is 344 g/mol. The molecule has 3 rings (SSSR count). The molecule has 0 aliphatic carbocycles. The third-order valence-corrected chi connectivity index (χ3v) is 3.70. The first-order valence-corrected chi connectivity index (χ1v) is 7.78. The molecule has 6 nitrogen and oxygen atoms in total. The summed E-state index contributed by atoms with van der Waals surface area (Å²) in [7, 11) is 0. The van der Waals surface area contributed by atoms with Crippen molar-refractivity contribution in [3.05, 3.63) is 59.9 Å². The van der Waals surface area contributed by atoms with Crippen molar-refractivity contribution < 1.29 is 23.5 Å². The zero-order valence-electron chi connectivity index (χ0n) is 13.5. The Morgan fingerprint density at radius 1 is 1.00 bits per heavy atom. The molecule has 2 amide bonds. The molecule has 1 aliphatic heterocycles. The van der Waals surface area contributed by atoms with Gasteiger partial charge in [-0.3, -0.25) is 20.4 Å². The van der Waals surface area contributed by atoms with Crippen LogP contribution in [0, 0.1) is 5.82 Å². The van der Waals surface area contributed by atoms with Crippen LogP contribution in [0.5, 0.6) is 11.5 Å². The SMILES string of the molecule is CC1Oc2ccccc2OC1C(=O)NNC(=O)Cc1ccc(F)cc1. The lowest BCUT2D eigenvalue weighted by Gasteiger charge is -2.30. The number of hydrogen-bond donors (Lipinski definition) is 2. The van der Waals surface area contributed by atoms with Crippen LogP contribution in [0.3, 0.4) is 0 Å². The monoisotopic (exact) mass is 344 g/mol. The van der Waals surface area contributed by atoms with E-state index in [1.165, 1.54) is 24.3 Å². The van der Waals surface area contributed by atoms with Crippen LogP contribution in [0.25, 0.3) is 0 Å². The Kier molecular flexibility index (Phi) is 4.83. The average Bonchev–Trinajstić information content (AvgIpc) is 2.61.